The first kappa shape index (κ1) is 51.0. The number of hydrogen-bond acceptors (Lipinski definition) is 14. The van der Waals surface area contributed by atoms with E-state index in [1.807, 2.05) is 0 Å². The van der Waals surface area contributed by atoms with Crippen molar-refractivity contribution in [3.63, 3.8) is 0 Å². The van der Waals surface area contributed by atoms with E-state index in [1.165, 1.54) is 31.2 Å². The fourth-order valence-electron chi connectivity index (χ4n) is 7.61. The van der Waals surface area contributed by atoms with Crippen molar-refractivity contribution in [1.82, 2.24) is 10.6 Å². The van der Waals surface area contributed by atoms with E-state index in [0.717, 1.165) is 38.5 Å². The van der Waals surface area contributed by atoms with Gasteiger partial charge < -0.3 is 49.3 Å². The molecule has 1 aromatic carbocycles. The lowest BCUT2D eigenvalue weighted by molar-refractivity contribution is -0.190. The monoisotopic (exact) mass is 884 g/mol. The van der Waals surface area contributed by atoms with Crippen molar-refractivity contribution in [2.75, 3.05) is 13.2 Å². The molecule has 4 rings (SSSR count). The van der Waals surface area contributed by atoms with Crippen molar-refractivity contribution in [2.24, 2.45) is 5.41 Å². The van der Waals surface area contributed by atoms with Gasteiger partial charge in [-0.3, -0.25) is 14.4 Å². The van der Waals surface area contributed by atoms with Gasteiger partial charge in [-0.1, -0.05) is 65.5 Å². The molecule has 0 spiro atoms. The molecule has 1 aliphatic carbocycles. The summed E-state index contributed by atoms with van der Waals surface area (Å²) in [5.74, 6) is -4.98. The Morgan fingerprint density at radius 2 is 1.60 bits per heavy atom. The number of esters is 4. The highest BCUT2D eigenvalue weighted by Crippen LogP contribution is 2.43. The maximum absolute atomic E-state index is 14.0. The minimum Gasteiger partial charge on any atom is -0.462 e. The molecule has 1 aromatic rings. The number of nitrogens with one attached hydrogen (secondary N) is 2. The number of fused-ring (bicyclic) bond motifs is 1. The standard InChI is InChI=1S/C47H68N2O14/c1-9-11-13-23-47(24-14-12-10-2)61-35-26-32(41(54)49-38(29(3)51)42(55)48-33(27-50)20-22-37(53)62-45(4,5)6)25-34(39(35)63-47)59-43(56)31-18-15-30(16-19-31)17-21-36(52)60-40-44(57)58-28-46(40,7)8/h15-19,21,26,29,33-35,38-40,50-51H,9-14,20,22-25,27-28H2,1-8H3,(H,48,55)(H,49,54). The van der Waals surface area contributed by atoms with Crippen LogP contribution >= 0.6 is 0 Å². The molecule has 2 aliphatic heterocycles. The van der Waals surface area contributed by atoms with E-state index in [9.17, 15) is 39.0 Å². The Bertz CT molecular complexity index is 1800. The zero-order valence-electron chi connectivity index (χ0n) is 38.1. The Morgan fingerprint density at radius 3 is 2.16 bits per heavy atom. The maximum atomic E-state index is 14.0. The normalized spacial score (nSPS) is 22.8. The van der Waals surface area contributed by atoms with Crippen LogP contribution in [0, 0.1) is 5.41 Å². The second kappa shape index (κ2) is 22.8. The number of carbonyl (C=O) groups excluding carboxylic acids is 6. The van der Waals surface area contributed by atoms with Crippen LogP contribution in [0.25, 0.3) is 6.08 Å². The van der Waals surface area contributed by atoms with Gasteiger partial charge in [-0.25, -0.2) is 14.4 Å². The maximum Gasteiger partial charge on any atom is 0.348 e. The molecule has 4 N–H and O–H groups in total. The van der Waals surface area contributed by atoms with Gasteiger partial charge in [0.05, 0.1) is 24.3 Å². The van der Waals surface area contributed by atoms with E-state index in [2.05, 4.69) is 24.5 Å². The van der Waals surface area contributed by atoms with E-state index in [0.29, 0.717) is 18.4 Å². The zero-order valence-corrected chi connectivity index (χ0v) is 38.1. The van der Waals surface area contributed by atoms with Gasteiger partial charge in [-0.15, -0.1) is 0 Å². The summed E-state index contributed by atoms with van der Waals surface area (Å²) in [5.41, 5.74) is -0.454. The van der Waals surface area contributed by atoms with Crippen LogP contribution in [0.15, 0.2) is 42.0 Å². The Kier molecular flexibility index (Phi) is 18.5. The SMILES string of the molecule is CCCCCC1(CCCCC)OC2C=C(C(=O)NC(C(=O)NC(CO)CCC(=O)OC(C)(C)C)C(C)O)CC(OC(=O)c3ccc(C=CC(=O)OC4C(=O)OCC4(C)C)cc3)C2O1. The molecule has 0 bridgehead atoms. The van der Waals surface area contributed by atoms with Gasteiger partial charge in [0.1, 0.15) is 36.6 Å². The third-order valence-electron chi connectivity index (χ3n) is 11.1. The molecular weight excluding hydrogens is 817 g/mol. The van der Waals surface area contributed by atoms with Crippen LogP contribution in [0.4, 0.5) is 0 Å². The van der Waals surface area contributed by atoms with E-state index in [-0.39, 0.29) is 37.0 Å². The second-order valence-corrected chi connectivity index (χ2v) is 18.4. The van der Waals surface area contributed by atoms with Crippen molar-refractivity contribution >= 4 is 41.8 Å². The number of cyclic esters (lactones) is 1. The number of aliphatic hydroxyl groups excluding tert-OH is 2. The predicted octanol–water partition coefficient (Wildman–Crippen LogP) is 5.16. The first-order valence-electron chi connectivity index (χ1n) is 22.2. The number of unbranched alkanes of at least 4 members (excludes halogenated alkanes) is 4. The van der Waals surface area contributed by atoms with Gasteiger partial charge in [0.15, 0.2) is 5.79 Å². The minimum absolute atomic E-state index is 0.0565. The number of rotatable bonds is 22. The molecule has 16 nitrogen and oxygen atoms in total. The molecule has 0 saturated carbocycles. The summed E-state index contributed by atoms with van der Waals surface area (Å²) in [6.45, 7) is 13.9. The van der Waals surface area contributed by atoms with E-state index in [1.54, 1.807) is 52.8 Å². The highest BCUT2D eigenvalue weighted by atomic mass is 16.8. The molecule has 2 fully saturated rings. The topological polar surface area (TPSA) is 222 Å². The Morgan fingerprint density at radius 1 is 0.952 bits per heavy atom. The molecule has 350 valence electrons. The fourth-order valence-corrected chi connectivity index (χ4v) is 7.61. The number of hydrogen-bond donors (Lipinski definition) is 4. The molecule has 16 heteroatoms. The Hall–Kier alpha value is -4.64. The third kappa shape index (κ3) is 15.0. The largest absolute Gasteiger partial charge is 0.462 e. The molecule has 7 unspecified atom stereocenters. The van der Waals surface area contributed by atoms with Gasteiger partial charge >= 0.3 is 23.9 Å². The number of benzene rings is 1. The lowest BCUT2D eigenvalue weighted by atomic mass is 9.90. The molecule has 0 aromatic heterocycles. The Labute approximate surface area is 370 Å². The Balaban J connectivity index is 1.51. The summed E-state index contributed by atoms with van der Waals surface area (Å²) in [6.07, 6.45) is 6.03. The van der Waals surface area contributed by atoms with Gasteiger partial charge in [-0.2, -0.15) is 0 Å². The quantitative estimate of drug-likeness (QED) is 0.0512. The first-order chi connectivity index (χ1) is 29.7. The van der Waals surface area contributed by atoms with Crippen molar-refractivity contribution < 1.29 is 67.4 Å². The number of amides is 2. The average molecular weight is 885 g/mol. The van der Waals surface area contributed by atoms with Gasteiger partial charge in [-0.05, 0) is 76.8 Å². The summed E-state index contributed by atoms with van der Waals surface area (Å²) in [4.78, 5) is 78.1. The summed E-state index contributed by atoms with van der Waals surface area (Å²) >= 11 is 0. The van der Waals surface area contributed by atoms with Crippen molar-refractivity contribution in [2.45, 2.75) is 180 Å². The van der Waals surface area contributed by atoms with Gasteiger partial charge in [0, 0.05) is 42.7 Å². The number of aliphatic hydroxyl groups is 2. The number of carbonyl (C=O) groups is 6. The highest BCUT2D eigenvalue weighted by Gasteiger charge is 2.53. The van der Waals surface area contributed by atoms with Crippen LogP contribution in [0.1, 0.15) is 142 Å². The van der Waals surface area contributed by atoms with Gasteiger partial charge in [0.25, 0.3) is 0 Å². The molecule has 3 aliphatic rings. The van der Waals surface area contributed by atoms with Crippen molar-refractivity contribution in [3.05, 3.63) is 53.1 Å². The molecule has 0 radical (unpaired) electrons. The summed E-state index contributed by atoms with van der Waals surface area (Å²) in [5, 5.41) is 25.9. The third-order valence-corrected chi connectivity index (χ3v) is 11.1. The van der Waals surface area contributed by atoms with Crippen LogP contribution in [-0.2, 0) is 52.4 Å². The van der Waals surface area contributed by atoms with Crippen LogP contribution in [-0.4, -0.2) is 113 Å². The van der Waals surface area contributed by atoms with Crippen molar-refractivity contribution in [3.8, 4) is 0 Å². The molecule has 63 heavy (non-hydrogen) atoms. The van der Waals surface area contributed by atoms with Gasteiger partial charge in [0.2, 0.25) is 17.9 Å². The molecule has 7 atom stereocenters. The van der Waals surface area contributed by atoms with Crippen LogP contribution < -0.4 is 10.6 Å². The highest BCUT2D eigenvalue weighted by molar-refractivity contribution is 5.98. The smallest absolute Gasteiger partial charge is 0.348 e. The average Bonchev–Trinajstić information content (AvgIpc) is 3.71. The molecular formula is C47H68N2O14. The lowest BCUT2D eigenvalue weighted by Crippen LogP contribution is -2.55. The van der Waals surface area contributed by atoms with Crippen LogP contribution in [0.2, 0.25) is 0 Å². The first-order valence-corrected chi connectivity index (χ1v) is 22.2. The van der Waals surface area contributed by atoms with E-state index in [4.69, 9.17) is 28.4 Å². The van der Waals surface area contributed by atoms with Crippen LogP contribution in [0.5, 0.6) is 0 Å². The summed E-state index contributed by atoms with van der Waals surface area (Å²) in [7, 11) is 0. The minimum atomic E-state index is -1.45. The molecule has 2 saturated heterocycles. The van der Waals surface area contributed by atoms with Crippen LogP contribution in [0.3, 0.4) is 0 Å². The van der Waals surface area contributed by atoms with Crippen molar-refractivity contribution in [1.29, 1.82) is 0 Å². The molecule has 2 heterocycles. The van der Waals surface area contributed by atoms with E-state index >= 15 is 0 Å². The number of ether oxygens (including phenoxy) is 6. The lowest BCUT2D eigenvalue weighted by Gasteiger charge is -2.31. The summed E-state index contributed by atoms with van der Waals surface area (Å²) in [6, 6.07) is 3.96. The fraction of sp³-hybridized carbons (Fsp3) is 0.660. The summed E-state index contributed by atoms with van der Waals surface area (Å²) < 4.78 is 35.2. The second-order valence-electron chi connectivity index (χ2n) is 18.4. The van der Waals surface area contributed by atoms with E-state index < -0.39 is 102 Å². The predicted molar refractivity (Wildman–Crippen MR) is 230 cm³/mol. The molecule has 2 amide bonds. The zero-order chi connectivity index (χ0) is 46.5.